The molecule has 0 amide bonds. The Bertz CT molecular complexity index is 354. The van der Waals surface area contributed by atoms with E-state index in [9.17, 15) is 13.5 Å². The molecule has 1 unspecified atom stereocenters. The van der Waals surface area contributed by atoms with Gasteiger partial charge in [0.2, 0.25) is 0 Å². The van der Waals surface area contributed by atoms with Crippen molar-refractivity contribution in [3.8, 4) is 0 Å². The van der Waals surface area contributed by atoms with E-state index in [1.54, 1.807) is 0 Å². The Labute approximate surface area is 110 Å². The van der Waals surface area contributed by atoms with Gasteiger partial charge in [0.05, 0.1) is 6.61 Å². The summed E-state index contributed by atoms with van der Waals surface area (Å²) in [5.41, 5.74) is 0. The van der Waals surface area contributed by atoms with Gasteiger partial charge in [-0.15, -0.1) is 0 Å². The number of rotatable bonds is 7. The number of aliphatic hydroxyl groups excluding tert-OH is 1. The van der Waals surface area contributed by atoms with Crippen LogP contribution in [0.2, 0.25) is 0 Å². The van der Waals surface area contributed by atoms with E-state index in [4.69, 9.17) is 0 Å². The van der Waals surface area contributed by atoms with E-state index in [1.807, 2.05) is 0 Å². The molecule has 5 nitrogen and oxygen atoms in total. The highest BCUT2D eigenvalue weighted by atomic mass is 32.2. The van der Waals surface area contributed by atoms with Crippen molar-refractivity contribution >= 4 is 10.2 Å². The third kappa shape index (κ3) is 3.91. The van der Waals surface area contributed by atoms with Crippen molar-refractivity contribution in [1.29, 1.82) is 0 Å². The van der Waals surface area contributed by atoms with Crippen molar-refractivity contribution in [2.75, 3.05) is 19.7 Å². The summed E-state index contributed by atoms with van der Waals surface area (Å²) < 4.78 is 28.3. The molecule has 18 heavy (non-hydrogen) atoms. The number of hydrogen-bond acceptors (Lipinski definition) is 3. The Morgan fingerprint density at radius 1 is 1.22 bits per heavy atom. The van der Waals surface area contributed by atoms with Crippen molar-refractivity contribution in [3.63, 3.8) is 0 Å². The molecular weight excluding hydrogens is 252 g/mol. The fourth-order valence-electron chi connectivity index (χ4n) is 2.55. The zero-order chi connectivity index (χ0) is 13.0. The van der Waals surface area contributed by atoms with Crippen LogP contribution in [0.15, 0.2) is 0 Å². The van der Waals surface area contributed by atoms with Gasteiger partial charge in [-0.1, -0.05) is 19.3 Å². The molecule has 2 rings (SSSR count). The van der Waals surface area contributed by atoms with E-state index < -0.39 is 10.2 Å². The van der Waals surface area contributed by atoms with Gasteiger partial charge >= 0.3 is 0 Å². The molecule has 1 atom stereocenters. The molecule has 2 N–H and O–H groups in total. The molecule has 2 aliphatic rings. The highest BCUT2D eigenvalue weighted by Crippen LogP contribution is 2.33. The Morgan fingerprint density at radius 3 is 2.67 bits per heavy atom. The van der Waals surface area contributed by atoms with Crippen LogP contribution in [0.25, 0.3) is 0 Å². The zero-order valence-corrected chi connectivity index (χ0v) is 11.7. The minimum Gasteiger partial charge on any atom is -0.395 e. The van der Waals surface area contributed by atoms with Crippen molar-refractivity contribution in [2.45, 2.75) is 51.0 Å². The maximum atomic E-state index is 12.1. The summed E-state index contributed by atoms with van der Waals surface area (Å²) in [7, 11) is -3.40. The van der Waals surface area contributed by atoms with Crippen LogP contribution in [-0.4, -0.2) is 43.6 Å². The smallest absolute Gasteiger partial charge is 0.279 e. The average molecular weight is 276 g/mol. The second-order valence-electron chi connectivity index (χ2n) is 5.43. The van der Waals surface area contributed by atoms with Gasteiger partial charge in [-0.3, -0.25) is 0 Å². The lowest BCUT2D eigenvalue weighted by molar-refractivity contribution is 0.154. The summed E-state index contributed by atoms with van der Waals surface area (Å²) in [6.07, 6.45) is 7.32. The molecule has 0 bridgehead atoms. The van der Waals surface area contributed by atoms with Gasteiger partial charge in [0, 0.05) is 19.1 Å². The Hall–Kier alpha value is -0.170. The Kier molecular flexibility index (Phi) is 5.00. The summed E-state index contributed by atoms with van der Waals surface area (Å²) in [5, 5.41) is 9.24. The molecule has 0 aromatic heterocycles. The number of hydrogen-bond donors (Lipinski definition) is 2. The lowest BCUT2D eigenvalue weighted by atomic mass is 10.1. The van der Waals surface area contributed by atoms with E-state index in [1.165, 1.54) is 17.1 Å². The predicted octanol–water partition coefficient (Wildman–Crippen LogP) is 0.858. The molecule has 2 fully saturated rings. The van der Waals surface area contributed by atoms with Crippen LogP contribution < -0.4 is 4.72 Å². The van der Waals surface area contributed by atoms with Gasteiger partial charge in [-0.25, -0.2) is 4.72 Å². The molecule has 1 saturated carbocycles. The molecule has 0 aromatic carbocycles. The van der Waals surface area contributed by atoms with Crippen LogP contribution in [-0.2, 0) is 10.2 Å². The third-order valence-corrected chi connectivity index (χ3v) is 5.53. The highest BCUT2D eigenvalue weighted by Gasteiger charge is 2.31. The SMILES string of the molecule is O=S(=O)(NCCCC1CC1)N1CCCCC1CO. The van der Waals surface area contributed by atoms with Gasteiger partial charge in [0.1, 0.15) is 0 Å². The summed E-state index contributed by atoms with van der Waals surface area (Å²) in [6.45, 7) is 0.972. The van der Waals surface area contributed by atoms with Gasteiger partial charge in [-0.05, 0) is 31.6 Å². The topological polar surface area (TPSA) is 69.6 Å². The lowest BCUT2D eigenvalue weighted by Crippen LogP contribution is -2.50. The summed E-state index contributed by atoms with van der Waals surface area (Å²) >= 11 is 0. The number of nitrogens with zero attached hydrogens (tertiary/aromatic N) is 1. The fraction of sp³-hybridized carbons (Fsp3) is 1.00. The van der Waals surface area contributed by atoms with Crippen LogP contribution in [0.1, 0.15) is 44.9 Å². The normalized spacial score (nSPS) is 26.4. The van der Waals surface area contributed by atoms with Crippen LogP contribution in [0.3, 0.4) is 0 Å². The highest BCUT2D eigenvalue weighted by molar-refractivity contribution is 7.87. The van der Waals surface area contributed by atoms with Crippen LogP contribution >= 0.6 is 0 Å². The van der Waals surface area contributed by atoms with E-state index in [-0.39, 0.29) is 12.6 Å². The van der Waals surface area contributed by atoms with E-state index in [0.29, 0.717) is 13.1 Å². The van der Waals surface area contributed by atoms with Crippen molar-refractivity contribution < 1.29 is 13.5 Å². The summed E-state index contributed by atoms with van der Waals surface area (Å²) in [4.78, 5) is 0. The van der Waals surface area contributed by atoms with Crippen molar-refractivity contribution in [1.82, 2.24) is 9.03 Å². The minimum atomic E-state index is -3.40. The molecule has 0 radical (unpaired) electrons. The largest absolute Gasteiger partial charge is 0.395 e. The molecule has 0 spiro atoms. The van der Waals surface area contributed by atoms with Gasteiger partial charge in [0.25, 0.3) is 10.2 Å². The first-order valence-electron chi connectivity index (χ1n) is 7.01. The number of piperidine rings is 1. The molecule has 0 aromatic rings. The van der Waals surface area contributed by atoms with E-state index in [0.717, 1.165) is 38.0 Å². The van der Waals surface area contributed by atoms with E-state index in [2.05, 4.69) is 4.72 Å². The fourth-order valence-corrected chi connectivity index (χ4v) is 4.06. The second-order valence-corrected chi connectivity index (χ2v) is 7.14. The molecular formula is C12H24N2O3S. The summed E-state index contributed by atoms with van der Waals surface area (Å²) in [5.74, 6) is 0.842. The number of aliphatic hydroxyl groups is 1. The predicted molar refractivity (Wildman–Crippen MR) is 70.3 cm³/mol. The molecule has 1 heterocycles. The maximum Gasteiger partial charge on any atom is 0.279 e. The first-order valence-corrected chi connectivity index (χ1v) is 8.45. The van der Waals surface area contributed by atoms with E-state index >= 15 is 0 Å². The van der Waals surface area contributed by atoms with Gasteiger partial charge in [0.15, 0.2) is 0 Å². The first-order chi connectivity index (χ1) is 8.63. The Morgan fingerprint density at radius 2 is 2.00 bits per heavy atom. The second kappa shape index (κ2) is 6.32. The van der Waals surface area contributed by atoms with Crippen LogP contribution in [0.5, 0.6) is 0 Å². The van der Waals surface area contributed by atoms with Gasteiger partial charge < -0.3 is 5.11 Å². The molecule has 1 aliphatic carbocycles. The van der Waals surface area contributed by atoms with Crippen molar-refractivity contribution in [2.24, 2.45) is 5.92 Å². The quantitative estimate of drug-likeness (QED) is 0.678. The summed E-state index contributed by atoms with van der Waals surface area (Å²) in [6, 6.07) is -0.236. The maximum absolute atomic E-state index is 12.1. The first kappa shape index (κ1) is 14.2. The average Bonchev–Trinajstić information content (AvgIpc) is 3.19. The minimum absolute atomic E-state index is 0.0804. The van der Waals surface area contributed by atoms with Crippen LogP contribution in [0.4, 0.5) is 0 Å². The van der Waals surface area contributed by atoms with Crippen LogP contribution in [0, 0.1) is 5.92 Å². The number of nitrogens with one attached hydrogen (secondary N) is 1. The molecule has 1 saturated heterocycles. The zero-order valence-electron chi connectivity index (χ0n) is 10.8. The molecule has 1 aliphatic heterocycles. The van der Waals surface area contributed by atoms with Gasteiger partial charge in [-0.2, -0.15) is 12.7 Å². The molecule has 6 heteroatoms. The Balaban J connectivity index is 1.79. The lowest BCUT2D eigenvalue weighted by Gasteiger charge is -2.33. The standard InChI is InChI=1S/C12H24N2O3S/c15-10-12-5-1-2-9-14(12)18(16,17)13-8-3-4-11-6-7-11/h11-13,15H,1-10H2. The monoisotopic (exact) mass is 276 g/mol. The van der Waals surface area contributed by atoms with Crippen molar-refractivity contribution in [3.05, 3.63) is 0 Å². The molecule has 106 valence electrons. The third-order valence-electron chi connectivity index (χ3n) is 3.86.